The standard InChI is InChI=1S/C16H17N4/c1-11-9-12(2)16(20-8-6-14(4)18-20)10-15(11)19-7-5-13(3)17-19/h5-9H,1-4H3/q-1. The lowest BCUT2D eigenvalue weighted by Gasteiger charge is -2.20. The van der Waals surface area contributed by atoms with Crippen molar-refractivity contribution in [3.8, 4) is 11.4 Å². The zero-order valence-corrected chi connectivity index (χ0v) is 12.2. The summed E-state index contributed by atoms with van der Waals surface area (Å²) in [5.74, 6) is 0. The van der Waals surface area contributed by atoms with Crippen LogP contribution in [0.4, 0.5) is 0 Å². The maximum atomic E-state index is 4.47. The molecule has 0 aliphatic carbocycles. The predicted molar refractivity (Wildman–Crippen MR) is 78.5 cm³/mol. The highest BCUT2D eigenvalue weighted by molar-refractivity contribution is 5.51. The van der Waals surface area contributed by atoms with Crippen molar-refractivity contribution in [3.05, 3.63) is 59.2 Å². The molecule has 2 heterocycles. The van der Waals surface area contributed by atoms with Crippen LogP contribution in [0.3, 0.4) is 0 Å². The molecule has 0 unspecified atom stereocenters. The van der Waals surface area contributed by atoms with E-state index in [1.165, 1.54) is 0 Å². The van der Waals surface area contributed by atoms with Crippen LogP contribution in [-0.4, -0.2) is 19.6 Å². The van der Waals surface area contributed by atoms with Gasteiger partial charge in [-0.15, -0.1) is 17.2 Å². The molecule has 3 aromatic rings. The molecule has 3 rings (SSSR count). The van der Waals surface area contributed by atoms with Gasteiger partial charge in [-0.25, -0.2) is 0 Å². The molecule has 0 spiro atoms. The molecule has 102 valence electrons. The molecule has 0 saturated carbocycles. The smallest absolute Gasteiger partial charge is 0.0597 e. The highest BCUT2D eigenvalue weighted by Gasteiger charge is 2.02. The molecule has 0 atom stereocenters. The lowest BCUT2D eigenvalue weighted by molar-refractivity contribution is 0.828. The summed E-state index contributed by atoms with van der Waals surface area (Å²) in [5.41, 5.74) is 6.22. The maximum absolute atomic E-state index is 4.47. The number of aryl methyl sites for hydroxylation is 4. The van der Waals surface area contributed by atoms with E-state index in [4.69, 9.17) is 0 Å². The van der Waals surface area contributed by atoms with Crippen LogP contribution in [0.2, 0.25) is 0 Å². The normalized spacial score (nSPS) is 11.0. The van der Waals surface area contributed by atoms with E-state index in [0.717, 1.165) is 33.9 Å². The van der Waals surface area contributed by atoms with Gasteiger partial charge in [0.25, 0.3) is 0 Å². The first-order valence-electron chi connectivity index (χ1n) is 6.63. The lowest BCUT2D eigenvalue weighted by Crippen LogP contribution is -2.05. The van der Waals surface area contributed by atoms with E-state index < -0.39 is 0 Å². The Balaban J connectivity index is 2.17. The first-order valence-corrected chi connectivity index (χ1v) is 6.63. The monoisotopic (exact) mass is 265 g/mol. The van der Waals surface area contributed by atoms with E-state index in [0.29, 0.717) is 0 Å². The zero-order chi connectivity index (χ0) is 14.3. The zero-order valence-electron chi connectivity index (χ0n) is 12.2. The Morgan fingerprint density at radius 3 is 1.60 bits per heavy atom. The highest BCUT2D eigenvalue weighted by Crippen LogP contribution is 2.21. The first-order chi connectivity index (χ1) is 9.54. The minimum Gasteiger partial charge on any atom is -0.265 e. The molecule has 20 heavy (non-hydrogen) atoms. The van der Waals surface area contributed by atoms with Crippen LogP contribution in [0.1, 0.15) is 22.5 Å². The van der Waals surface area contributed by atoms with Crippen molar-refractivity contribution in [2.45, 2.75) is 27.7 Å². The van der Waals surface area contributed by atoms with E-state index in [1.807, 2.05) is 47.7 Å². The van der Waals surface area contributed by atoms with Crippen LogP contribution in [0.5, 0.6) is 0 Å². The maximum Gasteiger partial charge on any atom is 0.0597 e. The Labute approximate surface area is 118 Å². The Morgan fingerprint density at radius 2 is 1.25 bits per heavy atom. The van der Waals surface area contributed by atoms with Crippen LogP contribution in [0.25, 0.3) is 11.4 Å². The number of hydrogen-bond acceptors (Lipinski definition) is 2. The van der Waals surface area contributed by atoms with Crippen molar-refractivity contribution in [2.75, 3.05) is 0 Å². The van der Waals surface area contributed by atoms with Crippen molar-refractivity contribution in [3.63, 3.8) is 0 Å². The number of rotatable bonds is 2. The quantitative estimate of drug-likeness (QED) is 0.667. The fraction of sp³-hybridized carbons (Fsp3) is 0.250. The molecular formula is C16H17N4-. The molecule has 4 nitrogen and oxygen atoms in total. The van der Waals surface area contributed by atoms with E-state index in [1.54, 1.807) is 0 Å². The average Bonchev–Trinajstić information content (AvgIpc) is 2.99. The molecule has 0 fully saturated rings. The summed E-state index contributed by atoms with van der Waals surface area (Å²) >= 11 is 0. The third-order valence-corrected chi connectivity index (χ3v) is 3.32. The molecule has 0 bridgehead atoms. The largest absolute Gasteiger partial charge is 0.265 e. The van der Waals surface area contributed by atoms with Gasteiger partial charge in [0.2, 0.25) is 0 Å². The molecule has 2 aromatic heterocycles. The van der Waals surface area contributed by atoms with Crippen molar-refractivity contribution in [1.82, 2.24) is 19.6 Å². The van der Waals surface area contributed by atoms with Crippen molar-refractivity contribution in [1.29, 1.82) is 0 Å². The van der Waals surface area contributed by atoms with Crippen LogP contribution >= 0.6 is 0 Å². The molecule has 0 N–H and O–H groups in total. The summed E-state index contributed by atoms with van der Waals surface area (Å²) in [6.07, 6.45) is 3.92. The summed E-state index contributed by atoms with van der Waals surface area (Å²) < 4.78 is 3.73. The first kappa shape index (κ1) is 12.7. The molecule has 0 aliphatic rings. The van der Waals surface area contributed by atoms with Crippen LogP contribution in [0.15, 0.2) is 30.6 Å². The molecule has 1 aromatic carbocycles. The fourth-order valence-electron chi connectivity index (χ4n) is 2.33. The number of benzene rings is 1. The number of aromatic nitrogens is 4. The Morgan fingerprint density at radius 1 is 0.800 bits per heavy atom. The Kier molecular flexibility index (Phi) is 2.93. The average molecular weight is 265 g/mol. The predicted octanol–water partition coefficient (Wildman–Crippen LogP) is 3.09. The third-order valence-electron chi connectivity index (χ3n) is 3.32. The molecule has 0 amide bonds. The molecule has 0 radical (unpaired) electrons. The van der Waals surface area contributed by atoms with Crippen LogP contribution < -0.4 is 0 Å². The van der Waals surface area contributed by atoms with Gasteiger partial charge in [-0.2, -0.15) is 16.3 Å². The van der Waals surface area contributed by atoms with Gasteiger partial charge in [-0.05, 0) is 37.4 Å². The number of nitrogens with zero attached hydrogens (tertiary/aromatic N) is 4. The van der Waals surface area contributed by atoms with Gasteiger partial charge in [0, 0.05) is 12.4 Å². The molecule has 4 heteroatoms. The molecule has 0 aliphatic heterocycles. The molecular weight excluding hydrogens is 248 g/mol. The minimum absolute atomic E-state index is 0.965. The van der Waals surface area contributed by atoms with Gasteiger partial charge in [-0.3, -0.25) is 9.36 Å². The van der Waals surface area contributed by atoms with E-state index in [2.05, 4.69) is 36.2 Å². The summed E-state index contributed by atoms with van der Waals surface area (Å²) in [5, 5.41) is 8.93. The summed E-state index contributed by atoms with van der Waals surface area (Å²) in [7, 11) is 0. The van der Waals surface area contributed by atoms with Gasteiger partial charge < -0.3 is 0 Å². The van der Waals surface area contributed by atoms with Gasteiger partial charge >= 0.3 is 0 Å². The Hall–Kier alpha value is -2.36. The van der Waals surface area contributed by atoms with Gasteiger partial charge in [0.1, 0.15) is 0 Å². The lowest BCUT2D eigenvalue weighted by atomic mass is 10.1. The van der Waals surface area contributed by atoms with E-state index in [9.17, 15) is 0 Å². The van der Waals surface area contributed by atoms with E-state index in [-0.39, 0.29) is 0 Å². The second-order valence-electron chi connectivity index (χ2n) is 5.14. The summed E-state index contributed by atoms with van der Waals surface area (Å²) in [6, 6.07) is 9.57. The fourth-order valence-corrected chi connectivity index (χ4v) is 2.33. The summed E-state index contributed by atoms with van der Waals surface area (Å²) in [4.78, 5) is 0. The van der Waals surface area contributed by atoms with Crippen molar-refractivity contribution in [2.24, 2.45) is 0 Å². The van der Waals surface area contributed by atoms with Crippen LogP contribution in [0, 0.1) is 33.8 Å². The van der Waals surface area contributed by atoms with Crippen molar-refractivity contribution < 1.29 is 0 Å². The topological polar surface area (TPSA) is 35.6 Å². The minimum atomic E-state index is 0.965. The van der Waals surface area contributed by atoms with Gasteiger partial charge in [0.15, 0.2) is 0 Å². The second kappa shape index (κ2) is 4.63. The Bertz CT molecular complexity index is 703. The summed E-state index contributed by atoms with van der Waals surface area (Å²) in [6.45, 7) is 8.12. The SMILES string of the molecule is Cc1ccn(-c2[c-]c(-n3ccc(C)n3)c(C)cc2C)n1. The van der Waals surface area contributed by atoms with Crippen molar-refractivity contribution >= 4 is 0 Å². The van der Waals surface area contributed by atoms with Crippen LogP contribution in [-0.2, 0) is 0 Å². The molecule has 0 saturated heterocycles. The van der Waals surface area contributed by atoms with E-state index >= 15 is 0 Å². The second-order valence-corrected chi connectivity index (χ2v) is 5.14. The number of hydrogen-bond donors (Lipinski definition) is 0. The highest BCUT2D eigenvalue weighted by atomic mass is 15.3. The van der Waals surface area contributed by atoms with Gasteiger partial charge in [-0.1, -0.05) is 13.8 Å². The van der Waals surface area contributed by atoms with Gasteiger partial charge in [0.05, 0.1) is 11.4 Å². The third kappa shape index (κ3) is 2.13.